The normalized spacial score (nSPS) is 12.7. The van der Waals surface area contributed by atoms with Gasteiger partial charge in [-0.15, -0.1) is 0 Å². The van der Waals surface area contributed by atoms with Crippen LogP contribution in [0.2, 0.25) is 5.02 Å². The van der Waals surface area contributed by atoms with Crippen molar-refractivity contribution in [3.05, 3.63) is 75.3 Å². The summed E-state index contributed by atoms with van der Waals surface area (Å²) in [5.74, 6) is 0.657. The van der Waals surface area contributed by atoms with Gasteiger partial charge in [0.2, 0.25) is 0 Å². The van der Waals surface area contributed by atoms with Gasteiger partial charge < -0.3 is 4.98 Å². The number of benzene rings is 2. The molecule has 1 N–H and O–H groups in total. The summed E-state index contributed by atoms with van der Waals surface area (Å²) in [6.07, 6.45) is 0. The van der Waals surface area contributed by atoms with Crippen LogP contribution in [-0.2, 0) is 6.54 Å². The summed E-state index contributed by atoms with van der Waals surface area (Å²) in [5.41, 5.74) is 1.74. The largest absolute Gasteiger partial charge is 0.309 e. The number of aromatic nitrogens is 2. The molecule has 1 heterocycles. The third-order valence-corrected chi connectivity index (χ3v) is 4.29. The summed E-state index contributed by atoms with van der Waals surface area (Å²) in [5, 5.41) is 1.33. The number of fused-ring (bicyclic) bond motifs is 1. The molecule has 0 bridgehead atoms. The maximum Gasteiger partial charge on any atom is 0.258 e. The predicted octanol–water partition coefficient (Wildman–Crippen LogP) is 3.77. The molecule has 0 aliphatic heterocycles. The third kappa shape index (κ3) is 3.44. The highest BCUT2D eigenvalue weighted by Gasteiger charge is 2.14. The highest BCUT2D eigenvalue weighted by Crippen LogP contribution is 2.22. The minimum atomic E-state index is -0.102. The second-order valence-electron chi connectivity index (χ2n) is 5.68. The van der Waals surface area contributed by atoms with Crippen molar-refractivity contribution in [3.63, 3.8) is 0 Å². The number of H-pyrrole nitrogens is 1. The molecule has 0 fully saturated rings. The Balaban J connectivity index is 1.85. The Kier molecular flexibility index (Phi) is 4.46. The van der Waals surface area contributed by atoms with Gasteiger partial charge in [-0.2, -0.15) is 0 Å². The van der Waals surface area contributed by atoms with Crippen LogP contribution < -0.4 is 5.56 Å². The number of aromatic amines is 1. The summed E-state index contributed by atoms with van der Waals surface area (Å²) in [6, 6.07) is 15.3. The van der Waals surface area contributed by atoms with Crippen LogP contribution in [0, 0.1) is 0 Å². The lowest BCUT2D eigenvalue weighted by Crippen LogP contribution is -2.25. The molecular formula is C18H18ClN3O. The molecule has 0 saturated heterocycles. The van der Waals surface area contributed by atoms with Gasteiger partial charge in [-0.3, -0.25) is 9.69 Å². The van der Waals surface area contributed by atoms with E-state index in [-0.39, 0.29) is 11.6 Å². The first-order valence-corrected chi connectivity index (χ1v) is 7.86. The van der Waals surface area contributed by atoms with E-state index in [1.807, 2.05) is 49.5 Å². The average Bonchev–Trinajstić information content (AvgIpc) is 2.54. The van der Waals surface area contributed by atoms with Crippen molar-refractivity contribution < 1.29 is 0 Å². The number of nitrogens with one attached hydrogen (secondary N) is 1. The maximum atomic E-state index is 12.1. The molecule has 0 aliphatic rings. The topological polar surface area (TPSA) is 49.0 Å². The van der Waals surface area contributed by atoms with E-state index in [9.17, 15) is 4.79 Å². The van der Waals surface area contributed by atoms with E-state index in [4.69, 9.17) is 11.6 Å². The third-order valence-electron chi connectivity index (χ3n) is 4.05. The molecule has 2 aromatic carbocycles. The van der Waals surface area contributed by atoms with Crippen molar-refractivity contribution >= 4 is 22.5 Å². The standard InChI is InChI=1S/C18H18ClN3O/c1-12(13-6-5-7-14(19)10-13)22(2)11-17-20-16-9-4-3-8-15(16)18(23)21-17/h3-10,12H,11H2,1-2H3,(H,20,21,23). The van der Waals surface area contributed by atoms with Crippen LogP contribution in [-0.4, -0.2) is 21.9 Å². The second kappa shape index (κ2) is 6.52. The summed E-state index contributed by atoms with van der Waals surface area (Å²) in [4.78, 5) is 21.7. The Labute approximate surface area is 139 Å². The van der Waals surface area contributed by atoms with Gasteiger partial charge in [0.15, 0.2) is 0 Å². The molecule has 0 radical (unpaired) electrons. The lowest BCUT2D eigenvalue weighted by Gasteiger charge is -2.24. The fourth-order valence-electron chi connectivity index (χ4n) is 2.60. The Hall–Kier alpha value is -2.17. The SMILES string of the molecule is CC(c1cccc(Cl)c1)N(C)Cc1nc2ccccc2c(=O)[nH]1. The molecule has 5 heteroatoms. The van der Waals surface area contributed by atoms with Crippen molar-refractivity contribution in [1.29, 1.82) is 0 Å². The summed E-state index contributed by atoms with van der Waals surface area (Å²) < 4.78 is 0. The van der Waals surface area contributed by atoms with Gasteiger partial charge in [0.1, 0.15) is 5.82 Å². The molecule has 0 aliphatic carbocycles. The van der Waals surface area contributed by atoms with E-state index < -0.39 is 0 Å². The van der Waals surface area contributed by atoms with Crippen LogP contribution in [0.15, 0.2) is 53.3 Å². The van der Waals surface area contributed by atoms with E-state index in [1.165, 1.54) is 0 Å². The summed E-state index contributed by atoms with van der Waals surface area (Å²) >= 11 is 6.06. The zero-order valence-corrected chi connectivity index (χ0v) is 13.8. The van der Waals surface area contributed by atoms with E-state index in [1.54, 1.807) is 6.07 Å². The van der Waals surface area contributed by atoms with E-state index in [2.05, 4.69) is 21.8 Å². The van der Waals surface area contributed by atoms with Crippen molar-refractivity contribution in [3.8, 4) is 0 Å². The molecular weight excluding hydrogens is 310 g/mol. The fourth-order valence-corrected chi connectivity index (χ4v) is 2.80. The van der Waals surface area contributed by atoms with E-state index in [0.717, 1.165) is 16.1 Å². The molecule has 4 nitrogen and oxygen atoms in total. The number of halogens is 1. The van der Waals surface area contributed by atoms with Gasteiger partial charge in [-0.25, -0.2) is 4.98 Å². The minimum absolute atomic E-state index is 0.102. The first kappa shape index (κ1) is 15.7. The van der Waals surface area contributed by atoms with E-state index in [0.29, 0.717) is 17.8 Å². The summed E-state index contributed by atoms with van der Waals surface area (Å²) in [7, 11) is 2.00. The van der Waals surface area contributed by atoms with Gasteiger partial charge in [-0.1, -0.05) is 35.9 Å². The van der Waals surface area contributed by atoms with Crippen LogP contribution in [0.25, 0.3) is 10.9 Å². The highest BCUT2D eigenvalue weighted by atomic mass is 35.5. The minimum Gasteiger partial charge on any atom is -0.309 e. The molecule has 1 aromatic heterocycles. The predicted molar refractivity (Wildman–Crippen MR) is 93.7 cm³/mol. The van der Waals surface area contributed by atoms with E-state index >= 15 is 0 Å². The zero-order chi connectivity index (χ0) is 16.4. The summed E-state index contributed by atoms with van der Waals surface area (Å²) in [6.45, 7) is 2.65. The molecule has 1 atom stereocenters. The second-order valence-corrected chi connectivity index (χ2v) is 6.11. The van der Waals surface area contributed by atoms with Crippen LogP contribution >= 0.6 is 11.6 Å². The van der Waals surface area contributed by atoms with Crippen LogP contribution in [0.3, 0.4) is 0 Å². The van der Waals surface area contributed by atoms with Crippen molar-refractivity contribution in [2.75, 3.05) is 7.05 Å². The van der Waals surface area contributed by atoms with Gasteiger partial charge >= 0.3 is 0 Å². The average molecular weight is 328 g/mol. The Morgan fingerprint density at radius 2 is 2.00 bits per heavy atom. The lowest BCUT2D eigenvalue weighted by molar-refractivity contribution is 0.247. The number of hydrogen-bond donors (Lipinski definition) is 1. The first-order chi connectivity index (χ1) is 11.0. The monoisotopic (exact) mass is 327 g/mol. The van der Waals surface area contributed by atoms with Gasteiger partial charge in [0.05, 0.1) is 17.4 Å². The van der Waals surface area contributed by atoms with Crippen LogP contribution in [0.4, 0.5) is 0 Å². The number of nitrogens with zero attached hydrogens (tertiary/aromatic N) is 2. The van der Waals surface area contributed by atoms with Crippen molar-refractivity contribution in [2.45, 2.75) is 19.5 Å². The van der Waals surface area contributed by atoms with Gasteiger partial charge in [0, 0.05) is 11.1 Å². The quantitative estimate of drug-likeness (QED) is 0.793. The van der Waals surface area contributed by atoms with Crippen molar-refractivity contribution in [1.82, 2.24) is 14.9 Å². The number of rotatable bonds is 4. The Morgan fingerprint density at radius 3 is 2.78 bits per heavy atom. The molecule has 0 saturated carbocycles. The molecule has 118 valence electrons. The number of para-hydroxylation sites is 1. The smallest absolute Gasteiger partial charge is 0.258 e. The molecule has 0 spiro atoms. The molecule has 3 aromatic rings. The van der Waals surface area contributed by atoms with Crippen LogP contribution in [0.1, 0.15) is 24.4 Å². The Morgan fingerprint density at radius 1 is 1.22 bits per heavy atom. The fraction of sp³-hybridized carbons (Fsp3) is 0.222. The molecule has 3 rings (SSSR count). The van der Waals surface area contributed by atoms with Crippen molar-refractivity contribution in [2.24, 2.45) is 0 Å². The van der Waals surface area contributed by atoms with Crippen LogP contribution in [0.5, 0.6) is 0 Å². The maximum absolute atomic E-state index is 12.1. The molecule has 1 unspecified atom stereocenters. The molecule has 23 heavy (non-hydrogen) atoms. The zero-order valence-electron chi connectivity index (χ0n) is 13.1. The van der Waals surface area contributed by atoms with Gasteiger partial charge in [-0.05, 0) is 43.8 Å². The number of hydrogen-bond acceptors (Lipinski definition) is 3. The first-order valence-electron chi connectivity index (χ1n) is 7.48. The molecule has 0 amide bonds. The lowest BCUT2D eigenvalue weighted by atomic mass is 10.1. The Bertz CT molecular complexity index is 891. The van der Waals surface area contributed by atoms with Gasteiger partial charge in [0.25, 0.3) is 5.56 Å². The highest BCUT2D eigenvalue weighted by molar-refractivity contribution is 6.30.